The van der Waals surface area contributed by atoms with Crippen LogP contribution in [-0.4, -0.2) is 21.0 Å². The smallest absolute Gasteiger partial charge is 0.419 e. The number of aromatic nitrogens is 3. The number of nitrogens with two attached hydrogens (primary N) is 1. The van der Waals surface area contributed by atoms with E-state index in [2.05, 4.69) is 20.3 Å². The predicted molar refractivity (Wildman–Crippen MR) is 125 cm³/mol. The van der Waals surface area contributed by atoms with Crippen molar-refractivity contribution in [3.05, 3.63) is 83.3 Å². The van der Waals surface area contributed by atoms with Gasteiger partial charge in [-0.1, -0.05) is 23.7 Å². The van der Waals surface area contributed by atoms with Gasteiger partial charge in [0.2, 0.25) is 0 Å². The number of carbonyl (C=O) groups excluding carboxylic acids is 1. The van der Waals surface area contributed by atoms with E-state index in [1.165, 1.54) is 6.20 Å². The fraction of sp³-hybridized carbons (Fsp3) is 0.0435. The summed E-state index contributed by atoms with van der Waals surface area (Å²) in [5.41, 5.74) is 4.72. The zero-order valence-electron chi connectivity index (χ0n) is 18.3. The lowest BCUT2D eigenvalue weighted by Crippen LogP contribution is -2.21. The number of carbonyl (C=O) groups is 1. The molecule has 2 amide bonds. The molecule has 14 heteroatoms. The second-order valence-corrected chi connectivity index (χ2v) is 7.77. The first-order chi connectivity index (χ1) is 17.5. The zero-order valence-corrected chi connectivity index (χ0v) is 19.0. The number of rotatable bonds is 5. The molecule has 0 fully saturated rings. The quantitative estimate of drug-likeness (QED) is 0.251. The number of ether oxygens (including phenoxy) is 1. The summed E-state index contributed by atoms with van der Waals surface area (Å²) in [5, 5.41) is 4.58. The van der Waals surface area contributed by atoms with E-state index in [-0.39, 0.29) is 11.7 Å². The SMILES string of the molecule is Nc1ncc(Cl)cc1-c1ccc(Oc2ncc(NC(=O)Nc3ccc(C(F)(F)F)c(F)c3F)cn2)cc1. The van der Waals surface area contributed by atoms with Gasteiger partial charge in [0.1, 0.15) is 11.6 Å². The highest BCUT2D eigenvalue weighted by molar-refractivity contribution is 6.30. The molecule has 4 aromatic rings. The van der Waals surface area contributed by atoms with Crippen molar-refractivity contribution in [3.63, 3.8) is 0 Å². The number of urea groups is 1. The first kappa shape index (κ1) is 25.6. The third-order valence-electron chi connectivity index (χ3n) is 4.78. The van der Waals surface area contributed by atoms with Gasteiger partial charge in [-0.25, -0.2) is 28.5 Å². The number of nitrogens with zero attached hydrogens (tertiary/aromatic N) is 3. The van der Waals surface area contributed by atoms with Crippen molar-refractivity contribution in [1.82, 2.24) is 15.0 Å². The Hall–Kier alpha value is -4.52. The molecule has 190 valence electrons. The van der Waals surface area contributed by atoms with Gasteiger partial charge in [-0.2, -0.15) is 13.2 Å². The van der Waals surface area contributed by atoms with Crippen molar-refractivity contribution in [3.8, 4) is 22.9 Å². The summed E-state index contributed by atoms with van der Waals surface area (Å²) < 4.78 is 71.1. The highest BCUT2D eigenvalue weighted by Gasteiger charge is 2.36. The number of benzene rings is 2. The Kier molecular flexibility index (Phi) is 7.07. The van der Waals surface area contributed by atoms with Crippen LogP contribution in [0.15, 0.2) is 61.1 Å². The third-order valence-corrected chi connectivity index (χ3v) is 4.99. The average Bonchev–Trinajstić information content (AvgIpc) is 2.84. The van der Waals surface area contributed by atoms with Gasteiger partial charge in [-0.05, 0) is 35.9 Å². The molecule has 2 aromatic heterocycles. The molecule has 4 N–H and O–H groups in total. The number of hydrogen-bond donors (Lipinski definition) is 3. The lowest BCUT2D eigenvalue weighted by molar-refractivity contribution is -0.140. The summed E-state index contributed by atoms with van der Waals surface area (Å²) in [4.78, 5) is 23.9. The Bertz CT molecular complexity index is 1450. The summed E-state index contributed by atoms with van der Waals surface area (Å²) >= 11 is 5.97. The highest BCUT2D eigenvalue weighted by atomic mass is 35.5. The van der Waals surface area contributed by atoms with Crippen LogP contribution in [0.2, 0.25) is 5.02 Å². The second kappa shape index (κ2) is 10.2. The number of nitrogen functional groups attached to an aromatic ring is 1. The molecule has 37 heavy (non-hydrogen) atoms. The summed E-state index contributed by atoms with van der Waals surface area (Å²) in [5.74, 6) is -3.29. The van der Waals surface area contributed by atoms with Crippen LogP contribution in [0, 0.1) is 11.6 Å². The summed E-state index contributed by atoms with van der Waals surface area (Å²) in [6, 6.07) is 8.16. The Balaban J connectivity index is 1.38. The largest absolute Gasteiger partial charge is 0.424 e. The molecule has 0 aliphatic carbocycles. The molecule has 8 nitrogen and oxygen atoms in total. The third kappa shape index (κ3) is 6.01. The van der Waals surface area contributed by atoms with Gasteiger partial charge in [0, 0.05) is 11.8 Å². The molecule has 0 radical (unpaired) electrons. The molecule has 2 aromatic carbocycles. The molecule has 0 saturated carbocycles. The van der Waals surface area contributed by atoms with Gasteiger partial charge in [-0.3, -0.25) is 0 Å². The van der Waals surface area contributed by atoms with Gasteiger partial charge in [0.25, 0.3) is 0 Å². The van der Waals surface area contributed by atoms with E-state index in [0.717, 1.165) is 18.0 Å². The summed E-state index contributed by atoms with van der Waals surface area (Å²) in [6.07, 6.45) is -1.32. The Morgan fingerprint density at radius 2 is 1.59 bits per heavy atom. The van der Waals surface area contributed by atoms with Crippen molar-refractivity contribution in [2.24, 2.45) is 0 Å². The van der Waals surface area contributed by atoms with E-state index < -0.39 is 35.1 Å². The molecule has 0 aliphatic heterocycles. The predicted octanol–water partition coefficient (Wildman–Crippen LogP) is 6.51. The summed E-state index contributed by atoms with van der Waals surface area (Å²) in [7, 11) is 0. The van der Waals surface area contributed by atoms with Gasteiger partial charge in [0.05, 0.1) is 34.4 Å². The van der Waals surface area contributed by atoms with Gasteiger partial charge in [-0.15, -0.1) is 0 Å². The molecular weight excluding hydrogens is 523 g/mol. The minimum Gasteiger partial charge on any atom is -0.424 e. The van der Waals surface area contributed by atoms with E-state index in [1.54, 1.807) is 30.3 Å². The number of pyridine rings is 1. The van der Waals surface area contributed by atoms with Crippen LogP contribution in [-0.2, 0) is 6.18 Å². The normalized spacial score (nSPS) is 11.2. The van der Waals surface area contributed by atoms with Gasteiger partial charge >= 0.3 is 18.2 Å². The van der Waals surface area contributed by atoms with Crippen molar-refractivity contribution >= 4 is 34.8 Å². The van der Waals surface area contributed by atoms with Crippen molar-refractivity contribution in [2.75, 3.05) is 16.4 Å². The molecule has 2 heterocycles. The molecule has 0 saturated heterocycles. The van der Waals surface area contributed by atoms with Crippen molar-refractivity contribution in [1.29, 1.82) is 0 Å². The van der Waals surface area contributed by atoms with E-state index in [4.69, 9.17) is 22.1 Å². The maximum atomic E-state index is 13.9. The van der Waals surface area contributed by atoms with Crippen LogP contribution >= 0.6 is 11.6 Å². The number of hydrogen-bond acceptors (Lipinski definition) is 6. The lowest BCUT2D eigenvalue weighted by atomic mass is 10.1. The standard InChI is InChI=1S/C23H14ClF5N6O2/c24-12-7-15(20(30)31-8-12)11-1-3-14(4-2-11)37-22-32-9-13(10-33-22)34-21(36)35-17-6-5-16(23(27,28)29)18(25)19(17)26/h1-10H,(H2,30,31)(H2,34,35,36). The molecule has 0 unspecified atom stereocenters. The van der Waals surface area contributed by atoms with Crippen molar-refractivity contribution < 1.29 is 31.5 Å². The second-order valence-electron chi connectivity index (χ2n) is 7.33. The maximum absolute atomic E-state index is 13.9. The van der Waals surface area contributed by atoms with Crippen LogP contribution in [0.5, 0.6) is 11.8 Å². The van der Waals surface area contributed by atoms with E-state index in [0.29, 0.717) is 34.3 Å². The Morgan fingerprint density at radius 1 is 0.919 bits per heavy atom. The van der Waals surface area contributed by atoms with Crippen LogP contribution in [0.4, 0.5) is 43.9 Å². The van der Waals surface area contributed by atoms with Crippen molar-refractivity contribution in [2.45, 2.75) is 6.18 Å². The van der Waals surface area contributed by atoms with E-state index in [1.807, 2.05) is 5.32 Å². The van der Waals surface area contributed by atoms with Gasteiger partial charge in [0.15, 0.2) is 11.6 Å². The lowest BCUT2D eigenvalue weighted by Gasteiger charge is -2.12. The van der Waals surface area contributed by atoms with Gasteiger partial charge < -0.3 is 21.1 Å². The van der Waals surface area contributed by atoms with E-state index in [9.17, 15) is 26.7 Å². The molecule has 0 atom stereocenters. The number of nitrogens with one attached hydrogen (secondary N) is 2. The van der Waals surface area contributed by atoms with Crippen LogP contribution in [0.25, 0.3) is 11.1 Å². The number of halogens is 6. The fourth-order valence-corrected chi connectivity index (χ4v) is 3.23. The number of alkyl halides is 3. The highest BCUT2D eigenvalue weighted by Crippen LogP contribution is 2.34. The topological polar surface area (TPSA) is 115 Å². The Labute approximate surface area is 210 Å². The monoisotopic (exact) mass is 536 g/mol. The van der Waals surface area contributed by atoms with Crippen LogP contribution in [0.1, 0.15) is 5.56 Å². The minimum atomic E-state index is -5.09. The van der Waals surface area contributed by atoms with Crippen LogP contribution < -0.4 is 21.1 Å². The first-order valence-electron chi connectivity index (χ1n) is 10.2. The first-order valence-corrected chi connectivity index (χ1v) is 10.5. The molecular formula is C23H14ClF5N6O2. The summed E-state index contributed by atoms with van der Waals surface area (Å²) in [6.45, 7) is 0. The number of amides is 2. The fourth-order valence-electron chi connectivity index (χ4n) is 3.07. The zero-order chi connectivity index (χ0) is 26.7. The average molecular weight is 537 g/mol. The van der Waals surface area contributed by atoms with Crippen LogP contribution in [0.3, 0.4) is 0 Å². The number of anilines is 3. The molecule has 0 bridgehead atoms. The maximum Gasteiger partial charge on any atom is 0.419 e. The molecule has 4 rings (SSSR count). The molecule has 0 spiro atoms. The van der Waals surface area contributed by atoms with E-state index >= 15 is 0 Å². The minimum absolute atomic E-state index is 0.0388. The molecule has 0 aliphatic rings. The Morgan fingerprint density at radius 3 is 2.24 bits per heavy atom.